The van der Waals surface area contributed by atoms with Crippen LogP contribution < -0.4 is 0 Å². The predicted octanol–water partition coefficient (Wildman–Crippen LogP) is 0.673. The van der Waals surface area contributed by atoms with Gasteiger partial charge in [0, 0.05) is 13.1 Å². The molecule has 1 amide bonds. The maximum atomic E-state index is 11.5. The first-order valence-electron chi connectivity index (χ1n) is 4.64. The molecule has 1 heterocycles. The zero-order chi connectivity index (χ0) is 10.6. The second kappa shape index (κ2) is 5.24. The summed E-state index contributed by atoms with van der Waals surface area (Å²) in [4.78, 5) is 23.9. The number of nitrogens with zero attached hydrogens (tertiary/aromatic N) is 1. The summed E-state index contributed by atoms with van der Waals surface area (Å²) in [6.45, 7) is 1.10. The van der Waals surface area contributed by atoms with Gasteiger partial charge in [0.05, 0.1) is 11.7 Å². The van der Waals surface area contributed by atoms with E-state index in [2.05, 4.69) is 0 Å². The monoisotopic (exact) mass is 217 g/mol. The molecular formula is C9H15NO3S. The van der Waals surface area contributed by atoms with Crippen molar-refractivity contribution in [3.8, 4) is 0 Å². The molecule has 14 heavy (non-hydrogen) atoms. The van der Waals surface area contributed by atoms with Crippen molar-refractivity contribution >= 4 is 23.6 Å². The van der Waals surface area contributed by atoms with Gasteiger partial charge in [-0.15, -0.1) is 0 Å². The number of thioether (sulfide) groups is 1. The summed E-state index contributed by atoms with van der Waals surface area (Å²) in [5.74, 6) is -0.642. The molecule has 4 nitrogen and oxygen atoms in total. The average molecular weight is 217 g/mol. The van der Waals surface area contributed by atoms with Crippen molar-refractivity contribution in [2.24, 2.45) is 5.92 Å². The Morgan fingerprint density at radius 2 is 2.29 bits per heavy atom. The molecule has 0 bridgehead atoms. The molecule has 0 saturated carbocycles. The lowest BCUT2D eigenvalue weighted by Gasteiger charge is -2.30. The Labute approximate surface area is 87.7 Å². The highest BCUT2D eigenvalue weighted by molar-refractivity contribution is 7.99. The molecular weight excluding hydrogens is 202 g/mol. The maximum absolute atomic E-state index is 11.5. The van der Waals surface area contributed by atoms with Gasteiger partial charge >= 0.3 is 5.97 Å². The number of piperidine rings is 1. The molecule has 1 atom stereocenters. The summed E-state index contributed by atoms with van der Waals surface area (Å²) in [7, 11) is 0. The van der Waals surface area contributed by atoms with Crippen LogP contribution in [-0.2, 0) is 9.59 Å². The molecule has 0 aromatic heterocycles. The molecule has 0 spiro atoms. The van der Waals surface area contributed by atoms with Gasteiger partial charge in [0.1, 0.15) is 0 Å². The number of aliphatic carboxylic acids is 1. The van der Waals surface area contributed by atoms with E-state index >= 15 is 0 Å². The fourth-order valence-corrected chi connectivity index (χ4v) is 2.05. The van der Waals surface area contributed by atoms with Crippen molar-refractivity contribution in [1.29, 1.82) is 0 Å². The highest BCUT2D eigenvalue weighted by atomic mass is 32.2. The van der Waals surface area contributed by atoms with E-state index in [0.29, 0.717) is 25.3 Å². The molecule has 1 N–H and O–H groups in total. The van der Waals surface area contributed by atoms with Crippen LogP contribution in [0.15, 0.2) is 0 Å². The largest absolute Gasteiger partial charge is 0.481 e. The summed E-state index contributed by atoms with van der Waals surface area (Å²) < 4.78 is 0. The van der Waals surface area contributed by atoms with E-state index in [1.54, 1.807) is 4.90 Å². The molecule has 0 unspecified atom stereocenters. The molecule has 1 aliphatic heterocycles. The Bertz CT molecular complexity index is 232. The molecule has 0 radical (unpaired) electrons. The van der Waals surface area contributed by atoms with Crippen LogP contribution in [0, 0.1) is 5.92 Å². The number of carbonyl (C=O) groups excluding carboxylic acids is 1. The minimum absolute atomic E-state index is 0.0588. The molecule has 1 rings (SSSR count). The Morgan fingerprint density at radius 1 is 1.57 bits per heavy atom. The fraction of sp³-hybridized carbons (Fsp3) is 0.778. The normalized spacial score (nSPS) is 22.1. The molecule has 0 aromatic carbocycles. The molecule has 0 aromatic rings. The predicted molar refractivity (Wildman–Crippen MR) is 55.3 cm³/mol. The minimum Gasteiger partial charge on any atom is -0.481 e. The number of hydrogen-bond acceptors (Lipinski definition) is 3. The van der Waals surface area contributed by atoms with Crippen molar-refractivity contribution in [1.82, 2.24) is 4.90 Å². The maximum Gasteiger partial charge on any atom is 0.308 e. The van der Waals surface area contributed by atoms with E-state index in [9.17, 15) is 9.59 Å². The SMILES string of the molecule is CSCC(=O)N1CCC[C@@H](C(=O)O)C1. The van der Waals surface area contributed by atoms with E-state index in [1.165, 1.54) is 11.8 Å². The zero-order valence-corrected chi connectivity index (χ0v) is 9.05. The van der Waals surface area contributed by atoms with Crippen LogP contribution in [0.2, 0.25) is 0 Å². The zero-order valence-electron chi connectivity index (χ0n) is 8.23. The number of carboxylic acids is 1. The summed E-state index contributed by atoms with van der Waals surface area (Å²) in [6.07, 6.45) is 3.37. The van der Waals surface area contributed by atoms with Gasteiger partial charge in [0.15, 0.2) is 0 Å². The number of carbonyl (C=O) groups is 2. The van der Waals surface area contributed by atoms with Crippen LogP contribution in [0.5, 0.6) is 0 Å². The number of carboxylic acid groups (broad SMARTS) is 1. The standard InChI is InChI=1S/C9H15NO3S/c1-14-6-8(11)10-4-2-3-7(5-10)9(12)13/h7H,2-6H2,1H3,(H,12,13)/t7-/m1/s1. The van der Waals surface area contributed by atoms with Crippen LogP contribution in [0.1, 0.15) is 12.8 Å². The molecule has 1 saturated heterocycles. The van der Waals surface area contributed by atoms with Gasteiger partial charge in [-0.1, -0.05) is 0 Å². The van der Waals surface area contributed by atoms with Gasteiger partial charge in [-0.25, -0.2) is 0 Å². The molecule has 5 heteroatoms. The van der Waals surface area contributed by atoms with E-state index in [0.717, 1.165) is 6.42 Å². The summed E-state index contributed by atoms with van der Waals surface area (Å²) in [5, 5.41) is 8.82. The van der Waals surface area contributed by atoms with Crippen LogP contribution in [0.4, 0.5) is 0 Å². The van der Waals surface area contributed by atoms with E-state index < -0.39 is 5.97 Å². The van der Waals surface area contributed by atoms with Gasteiger partial charge in [0.2, 0.25) is 5.91 Å². The molecule has 0 aliphatic carbocycles. The lowest BCUT2D eigenvalue weighted by Crippen LogP contribution is -2.43. The summed E-state index contributed by atoms with van der Waals surface area (Å²) in [5.41, 5.74) is 0. The Hall–Kier alpha value is -0.710. The van der Waals surface area contributed by atoms with E-state index in [1.807, 2.05) is 6.26 Å². The number of amides is 1. The first-order chi connectivity index (χ1) is 6.65. The van der Waals surface area contributed by atoms with Crippen molar-refractivity contribution in [2.75, 3.05) is 25.1 Å². The quantitative estimate of drug-likeness (QED) is 0.755. The lowest BCUT2D eigenvalue weighted by molar-refractivity contribution is -0.145. The van der Waals surface area contributed by atoms with Crippen molar-refractivity contribution in [3.05, 3.63) is 0 Å². The smallest absolute Gasteiger partial charge is 0.308 e. The summed E-state index contributed by atoms with van der Waals surface area (Å²) in [6, 6.07) is 0. The van der Waals surface area contributed by atoms with E-state index in [-0.39, 0.29) is 11.8 Å². The van der Waals surface area contributed by atoms with Crippen molar-refractivity contribution in [3.63, 3.8) is 0 Å². The first-order valence-corrected chi connectivity index (χ1v) is 6.04. The summed E-state index contributed by atoms with van der Waals surface area (Å²) >= 11 is 1.47. The fourth-order valence-electron chi connectivity index (χ4n) is 1.62. The Kier molecular flexibility index (Phi) is 4.25. The van der Waals surface area contributed by atoms with Crippen LogP contribution in [0.25, 0.3) is 0 Å². The Balaban J connectivity index is 2.47. The van der Waals surface area contributed by atoms with Crippen LogP contribution in [-0.4, -0.2) is 47.0 Å². The van der Waals surface area contributed by atoms with Gasteiger partial charge in [0.25, 0.3) is 0 Å². The first kappa shape index (κ1) is 11.4. The number of rotatable bonds is 3. The Morgan fingerprint density at radius 3 is 2.86 bits per heavy atom. The lowest BCUT2D eigenvalue weighted by atomic mass is 9.98. The molecule has 80 valence electrons. The third-order valence-corrected chi connectivity index (χ3v) is 2.93. The number of hydrogen-bond donors (Lipinski definition) is 1. The van der Waals surface area contributed by atoms with Gasteiger partial charge in [-0.3, -0.25) is 9.59 Å². The van der Waals surface area contributed by atoms with Crippen LogP contribution >= 0.6 is 11.8 Å². The average Bonchev–Trinajstić information content (AvgIpc) is 2.18. The number of likely N-dealkylation sites (tertiary alicyclic amines) is 1. The second-order valence-electron chi connectivity index (χ2n) is 3.45. The second-order valence-corrected chi connectivity index (χ2v) is 4.32. The van der Waals surface area contributed by atoms with Gasteiger partial charge in [-0.05, 0) is 19.1 Å². The highest BCUT2D eigenvalue weighted by Crippen LogP contribution is 2.17. The minimum atomic E-state index is -0.786. The van der Waals surface area contributed by atoms with Crippen molar-refractivity contribution < 1.29 is 14.7 Å². The van der Waals surface area contributed by atoms with Crippen molar-refractivity contribution in [2.45, 2.75) is 12.8 Å². The third-order valence-electron chi connectivity index (χ3n) is 2.39. The highest BCUT2D eigenvalue weighted by Gasteiger charge is 2.27. The topological polar surface area (TPSA) is 57.6 Å². The molecule has 1 fully saturated rings. The van der Waals surface area contributed by atoms with Crippen LogP contribution in [0.3, 0.4) is 0 Å². The van der Waals surface area contributed by atoms with Gasteiger partial charge in [-0.2, -0.15) is 11.8 Å². The van der Waals surface area contributed by atoms with Gasteiger partial charge < -0.3 is 10.0 Å². The molecule has 1 aliphatic rings. The van der Waals surface area contributed by atoms with E-state index in [4.69, 9.17) is 5.11 Å². The third kappa shape index (κ3) is 2.90.